The molecule has 0 radical (unpaired) electrons. The highest BCUT2D eigenvalue weighted by molar-refractivity contribution is 6.10. The minimum absolute atomic E-state index is 0.0423. The Kier molecular flexibility index (Phi) is 2.75. The van der Waals surface area contributed by atoms with Crippen molar-refractivity contribution in [2.75, 3.05) is 7.05 Å². The molecule has 2 N–H and O–H groups in total. The van der Waals surface area contributed by atoms with Crippen LogP contribution in [0.4, 0.5) is 4.39 Å². The van der Waals surface area contributed by atoms with Crippen molar-refractivity contribution in [2.45, 2.75) is 13.0 Å². The first-order chi connectivity index (χ1) is 7.63. The minimum atomic E-state index is -0.335. The normalized spacial score (nSPS) is 12.9. The maximum atomic E-state index is 13.1. The van der Waals surface area contributed by atoms with Crippen LogP contribution in [-0.4, -0.2) is 23.9 Å². The molecule has 1 aromatic carbocycles. The van der Waals surface area contributed by atoms with Gasteiger partial charge in [-0.1, -0.05) is 0 Å². The second-order valence-corrected chi connectivity index (χ2v) is 3.77. The fraction of sp³-hybridized carbons (Fsp3) is 0.250. The van der Waals surface area contributed by atoms with Crippen LogP contribution in [0, 0.1) is 5.82 Å². The number of aromatic nitrogens is 1. The van der Waals surface area contributed by atoms with Gasteiger partial charge in [0.1, 0.15) is 5.82 Å². The van der Waals surface area contributed by atoms with E-state index in [0.717, 1.165) is 5.52 Å². The maximum Gasteiger partial charge on any atom is 0.181 e. The molecule has 0 aliphatic heterocycles. The number of fused-ring (bicyclic) bond motifs is 1. The largest absolute Gasteiger partial charge is 0.360 e. The number of carbonyl (C=O) groups is 1. The summed E-state index contributed by atoms with van der Waals surface area (Å²) in [5.74, 6) is -0.377. The molecule has 1 atom stereocenters. The second kappa shape index (κ2) is 4.06. The second-order valence-electron chi connectivity index (χ2n) is 3.77. The van der Waals surface area contributed by atoms with Crippen molar-refractivity contribution >= 4 is 16.7 Å². The number of ketones is 1. The Hall–Kier alpha value is -1.68. The molecular formula is C12H13FN2O. The third kappa shape index (κ3) is 1.72. The Labute approximate surface area is 92.7 Å². The average molecular weight is 220 g/mol. The van der Waals surface area contributed by atoms with E-state index in [1.807, 2.05) is 0 Å². The first kappa shape index (κ1) is 10.8. The number of likely N-dealkylation sites (N-methyl/N-ethyl adjacent to an activating group) is 1. The fourth-order valence-corrected chi connectivity index (χ4v) is 1.66. The lowest BCUT2D eigenvalue weighted by Crippen LogP contribution is -2.30. The van der Waals surface area contributed by atoms with Crippen LogP contribution in [0.25, 0.3) is 10.9 Å². The van der Waals surface area contributed by atoms with Gasteiger partial charge in [-0.05, 0) is 32.2 Å². The molecule has 84 valence electrons. The lowest BCUT2D eigenvalue weighted by Gasteiger charge is -2.07. The summed E-state index contributed by atoms with van der Waals surface area (Å²) in [6, 6.07) is 4.10. The van der Waals surface area contributed by atoms with Crippen LogP contribution in [0.3, 0.4) is 0 Å². The fourth-order valence-electron chi connectivity index (χ4n) is 1.66. The van der Waals surface area contributed by atoms with Crippen molar-refractivity contribution < 1.29 is 9.18 Å². The Morgan fingerprint density at radius 3 is 2.94 bits per heavy atom. The summed E-state index contributed by atoms with van der Waals surface area (Å²) in [5.41, 5.74) is 1.30. The zero-order valence-electron chi connectivity index (χ0n) is 9.17. The van der Waals surface area contributed by atoms with E-state index in [1.165, 1.54) is 12.1 Å². The molecule has 0 saturated heterocycles. The van der Waals surface area contributed by atoms with Gasteiger partial charge in [0.25, 0.3) is 0 Å². The molecule has 0 aliphatic rings. The van der Waals surface area contributed by atoms with Crippen molar-refractivity contribution in [1.29, 1.82) is 0 Å². The van der Waals surface area contributed by atoms with Gasteiger partial charge in [0.2, 0.25) is 0 Å². The monoisotopic (exact) mass is 220 g/mol. The van der Waals surface area contributed by atoms with E-state index >= 15 is 0 Å². The average Bonchev–Trinajstić information content (AvgIpc) is 2.69. The van der Waals surface area contributed by atoms with Crippen molar-refractivity contribution in [3.63, 3.8) is 0 Å². The third-order valence-electron chi connectivity index (χ3n) is 2.74. The molecule has 3 nitrogen and oxygen atoms in total. The van der Waals surface area contributed by atoms with Crippen LogP contribution < -0.4 is 5.32 Å². The number of rotatable bonds is 3. The maximum absolute atomic E-state index is 13.1. The predicted molar refractivity (Wildman–Crippen MR) is 61.1 cm³/mol. The summed E-state index contributed by atoms with van der Waals surface area (Å²) >= 11 is 0. The van der Waals surface area contributed by atoms with Crippen LogP contribution in [0.5, 0.6) is 0 Å². The van der Waals surface area contributed by atoms with E-state index in [0.29, 0.717) is 10.9 Å². The van der Waals surface area contributed by atoms with Gasteiger partial charge in [-0.2, -0.15) is 0 Å². The lowest BCUT2D eigenvalue weighted by molar-refractivity contribution is 0.0956. The van der Waals surface area contributed by atoms with Crippen molar-refractivity contribution in [3.05, 3.63) is 35.8 Å². The van der Waals surface area contributed by atoms with Gasteiger partial charge in [-0.15, -0.1) is 0 Å². The quantitative estimate of drug-likeness (QED) is 0.778. The van der Waals surface area contributed by atoms with E-state index in [9.17, 15) is 9.18 Å². The van der Waals surface area contributed by atoms with Crippen LogP contribution >= 0.6 is 0 Å². The molecule has 4 heteroatoms. The Bertz CT molecular complexity index is 533. The number of H-pyrrole nitrogens is 1. The number of Topliss-reactive ketones (excluding diaryl/α,β-unsaturated/α-hetero) is 1. The van der Waals surface area contributed by atoms with Crippen molar-refractivity contribution in [1.82, 2.24) is 10.3 Å². The number of benzene rings is 1. The third-order valence-corrected chi connectivity index (χ3v) is 2.74. The molecule has 0 aliphatic carbocycles. The molecule has 0 fully saturated rings. The van der Waals surface area contributed by atoms with E-state index < -0.39 is 0 Å². The molecule has 0 amide bonds. The first-order valence-corrected chi connectivity index (χ1v) is 5.11. The van der Waals surface area contributed by atoms with Crippen LogP contribution in [0.15, 0.2) is 24.4 Å². The van der Waals surface area contributed by atoms with E-state index in [1.54, 1.807) is 26.2 Å². The summed E-state index contributed by atoms with van der Waals surface area (Å²) in [5, 5.41) is 3.51. The van der Waals surface area contributed by atoms with Gasteiger partial charge in [0.15, 0.2) is 5.78 Å². The standard InChI is InChI=1S/C12H13FN2O/c1-7(14-2)12(16)10-6-15-11-4-3-8(13)5-9(10)11/h3-7,14-15H,1-2H3/t7-/m0/s1. The summed E-state index contributed by atoms with van der Waals surface area (Å²) < 4.78 is 13.1. The lowest BCUT2D eigenvalue weighted by atomic mass is 10.0. The van der Waals surface area contributed by atoms with Crippen LogP contribution in [0.2, 0.25) is 0 Å². The van der Waals surface area contributed by atoms with Crippen LogP contribution in [-0.2, 0) is 0 Å². The number of aromatic amines is 1. The van der Waals surface area contributed by atoms with Gasteiger partial charge < -0.3 is 10.3 Å². The van der Waals surface area contributed by atoms with Gasteiger partial charge >= 0.3 is 0 Å². The Morgan fingerprint density at radius 1 is 1.50 bits per heavy atom. The summed E-state index contributed by atoms with van der Waals surface area (Å²) in [6.45, 7) is 1.78. The van der Waals surface area contributed by atoms with E-state index in [2.05, 4.69) is 10.3 Å². The molecule has 2 rings (SSSR count). The topological polar surface area (TPSA) is 44.9 Å². The summed E-state index contributed by atoms with van der Waals surface area (Å²) in [4.78, 5) is 14.9. The SMILES string of the molecule is CN[C@@H](C)C(=O)c1c[nH]c2ccc(F)cc12. The smallest absolute Gasteiger partial charge is 0.181 e. The van der Waals surface area contributed by atoms with E-state index in [-0.39, 0.29) is 17.6 Å². The predicted octanol–water partition coefficient (Wildman–Crippen LogP) is 2.10. The van der Waals surface area contributed by atoms with E-state index in [4.69, 9.17) is 0 Å². The highest BCUT2D eigenvalue weighted by Crippen LogP contribution is 2.20. The van der Waals surface area contributed by atoms with Gasteiger partial charge in [-0.25, -0.2) is 4.39 Å². The van der Waals surface area contributed by atoms with Gasteiger partial charge in [-0.3, -0.25) is 4.79 Å². The van der Waals surface area contributed by atoms with Crippen molar-refractivity contribution in [3.8, 4) is 0 Å². The summed E-state index contributed by atoms with van der Waals surface area (Å²) in [6.07, 6.45) is 1.63. The molecular weight excluding hydrogens is 207 g/mol. The van der Waals surface area contributed by atoms with Crippen LogP contribution in [0.1, 0.15) is 17.3 Å². The molecule has 16 heavy (non-hydrogen) atoms. The molecule has 2 aromatic rings. The highest BCUT2D eigenvalue weighted by Gasteiger charge is 2.17. The zero-order chi connectivity index (χ0) is 11.7. The molecule has 0 bridgehead atoms. The number of hydrogen-bond donors (Lipinski definition) is 2. The zero-order valence-corrected chi connectivity index (χ0v) is 9.17. The summed E-state index contributed by atoms with van der Waals surface area (Å²) in [7, 11) is 1.72. The van der Waals surface area contributed by atoms with Gasteiger partial charge in [0.05, 0.1) is 6.04 Å². The molecule has 1 aromatic heterocycles. The molecule has 0 unspecified atom stereocenters. The molecule has 1 heterocycles. The number of halogens is 1. The first-order valence-electron chi connectivity index (χ1n) is 5.11. The number of hydrogen-bond acceptors (Lipinski definition) is 2. The Balaban J connectivity index is 2.53. The number of nitrogens with one attached hydrogen (secondary N) is 2. The Morgan fingerprint density at radius 2 is 2.25 bits per heavy atom. The van der Waals surface area contributed by atoms with Gasteiger partial charge in [0, 0.05) is 22.7 Å². The number of carbonyl (C=O) groups excluding carboxylic acids is 1. The van der Waals surface area contributed by atoms with Crippen molar-refractivity contribution in [2.24, 2.45) is 0 Å². The highest BCUT2D eigenvalue weighted by atomic mass is 19.1. The molecule has 0 saturated carbocycles. The molecule has 0 spiro atoms. The minimum Gasteiger partial charge on any atom is -0.360 e.